The average molecular weight is 491 g/mol. The largest absolute Gasteiger partial charge is 0.444 e. The fourth-order valence-corrected chi connectivity index (χ4v) is 3.65. The maximum absolute atomic E-state index is 11.5. The van der Waals surface area contributed by atoms with Gasteiger partial charge in [0.25, 0.3) is 0 Å². The first-order chi connectivity index (χ1) is 15.2. The lowest BCUT2D eigenvalue weighted by Gasteiger charge is -2.30. The summed E-state index contributed by atoms with van der Waals surface area (Å²) in [6.45, 7) is 15.8. The summed E-state index contributed by atoms with van der Waals surface area (Å²) >= 11 is 5.40. The van der Waals surface area contributed by atoms with Crippen molar-refractivity contribution in [1.29, 1.82) is 0 Å². The van der Waals surface area contributed by atoms with Crippen LogP contribution in [0.2, 0.25) is 0 Å². The molecule has 0 atom stereocenters. The van der Waals surface area contributed by atoms with Gasteiger partial charge in [0.15, 0.2) is 0 Å². The number of halogens is 1. The van der Waals surface area contributed by atoms with Gasteiger partial charge in [-0.05, 0) is 104 Å². The Labute approximate surface area is 203 Å². The molecule has 192 valence electrons. The molecule has 3 N–H and O–H groups in total. The first-order valence-corrected chi connectivity index (χ1v) is 12.2. The molecule has 0 aromatic carbocycles. The third-order valence-corrected chi connectivity index (χ3v) is 5.43. The van der Waals surface area contributed by atoms with Gasteiger partial charge < -0.3 is 30.3 Å². The van der Waals surface area contributed by atoms with Crippen LogP contribution >= 0.6 is 11.6 Å². The summed E-state index contributed by atoms with van der Waals surface area (Å²) in [5, 5.41) is 8.48. The van der Waals surface area contributed by atoms with E-state index in [4.69, 9.17) is 21.1 Å². The molecule has 2 fully saturated rings. The van der Waals surface area contributed by atoms with E-state index in [0.29, 0.717) is 31.5 Å². The minimum absolute atomic E-state index is 0.305. The van der Waals surface area contributed by atoms with Crippen molar-refractivity contribution < 1.29 is 23.9 Å². The van der Waals surface area contributed by atoms with Crippen LogP contribution in [-0.4, -0.2) is 72.9 Å². The molecule has 0 aliphatic carbocycles. The van der Waals surface area contributed by atoms with Gasteiger partial charge in [0.2, 0.25) is 0 Å². The predicted octanol–water partition coefficient (Wildman–Crippen LogP) is 4.09. The molecule has 0 spiro atoms. The number of carbonyl (C=O) groups is 3. The fourth-order valence-electron chi connectivity index (χ4n) is 3.48. The molecule has 0 radical (unpaired) electrons. The monoisotopic (exact) mass is 490 g/mol. The molecule has 2 rings (SSSR count). The SMILES string of the molecule is CC(C)(C)OC(=O)NCC1CCN(C(=O)Cl)CC1.CC(C)(C)OC(=O)NCC1CCNCC1. The summed E-state index contributed by atoms with van der Waals surface area (Å²) in [4.78, 5) is 35.4. The standard InChI is InChI=1S/C12H21ClN2O3.C11H22N2O2/c1-12(2,3)18-11(17)14-8-9-4-6-15(7-5-9)10(13)16;1-11(2,3)15-10(14)13-8-9-4-6-12-7-5-9/h9H,4-8H2,1-3H3,(H,14,17);9,12H,4-8H2,1-3H3,(H,13,14). The number of likely N-dealkylation sites (tertiary alicyclic amines) is 1. The van der Waals surface area contributed by atoms with Crippen molar-refractivity contribution in [2.45, 2.75) is 78.4 Å². The Morgan fingerprint density at radius 1 is 0.818 bits per heavy atom. The van der Waals surface area contributed by atoms with Gasteiger partial charge in [0.1, 0.15) is 11.2 Å². The molecule has 3 amide bonds. The molecule has 0 bridgehead atoms. The van der Waals surface area contributed by atoms with E-state index in [0.717, 1.165) is 45.3 Å². The number of rotatable bonds is 4. The smallest absolute Gasteiger partial charge is 0.407 e. The van der Waals surface area contributed by atoms with E-state index in [9.17, 15) is 14.4 Å². The third kappa shape index (κ3) is 14.9. The molecule has 0 saturated carbocycles. The number of nitrogens with one attached hydrogen (secondary N) is 3. The third-order valence-electron chi connectivity index (χ3n) is 5.19. The van der Waals surface area contributed by atoms with Crippen LogP contribution in [0.25, 0.3) is 0 Å². The molecular formula is C23H43ClN4O5. The van der Waals surface area contributed by atoms with Gasteiger partial charge >= 0.3 is 17.6 Å². The van der Waals surface area contributed by atoms with Gasteiger partial charge in [-0.15, -0.1) is 0 Å². The van der Waals surface area contributed by atoms with E-state index in [1.54, 1.807) is 4.90 Å². The molecule has 2 aliphatic rings. The van der Waals surface area contributed by atoms with Crippen molar-refractivity contribution >= 4 is 29.2 Å². The van der Waals surface area contributed by atoms with Gasteiger partial charge in [0.05, 0.1) is 0 Å². The topological polar surface area (TPSA) is 109 Å². The zero-order valence-electron chi connectivity index (χ0n) is 21.1. The van der Waals surface area contributed by atoms with Gasteiger partial charge in [-0.2, -0.15) is 0 Å². The molecule has 0 aromatic rings. The first-order valence-electron chi connectivity index (χ1n) is 11.8. The Hall–Kier alpha value is -1.74. The van der Waals surface area contributed by atoms with Crippen LogP contribution in [0, 0.1) is 11.8 Å². The quantitative estimate of drug-likeness (QED) is 0.404. The van der Waals surface area contributed by atoms with Crippen LogP contribution < -0.4 is 16.0 Å². The van der Waals surface area contributed by atoms with Gasteiger partial charge in [-0.25, -0.2) is 9.59 Å². The second-order valence-corrected chi connectivity index (χ2v) is 11.0. The van der Waals surface area contributed by atoms with Crippen molar-refractivity contribution in [2.75, 3.05) is 39.3 Å². The Balaban J connectivity index is 0.000000335. The van der Waals surface area contributed by atoms with Crippen LogP contribution in [0.3, 0.4) is 0 Å². The van der Waals surface area contributed by atoms with E-state index < -0.39 is 22.7 Å². The number of ether oxygens (including phenoxy) is 2. The summed E-state index contributed by atoms with van der Waals surface area (Å²) in [6, 6.07) is 0. The average Bonchev–Trinajstić information content (AvgIpc) is 2.70. The van der Waals surface area contributed by atoms with Gasteiger partial charge in [-0.3, -0.25) is 4.79 Å². The van der Waals surface area contributed by atoms with Gasteiger partial charge in [0, 0.05) is 26.2 Å². The zero-order valence-corrected chi connectivity index (χ0v) is 21.8. The number of piperidine rings is 2. The van der Waals surface area contributed by atoms with Crippen molar-refractivity contribution in [2.24, 2.45) is 11.8 Å². The maximum atomic E-state index is 11.5. The van der Waals surface area contributed by atoms with Crippen molar-refractivity contribution in [3.8, 4) is 0 Å². The van der Waals surface area contributed by atoms with E-state index in [1.165, 1.54) is 0 Å². The summed E-state index contributed by atoms with van der Waals surface area (Å²) in [5.41, 5.74) is -0.878. The first kappa shape index (κ1) is 29.3. The highest BCUT2D eigenvalue weighted by molar-refractivity contribution is 6.62. The minimum atomic E-state index is -0.474. The van der Waals surface area contributed by atoms with Crippen LogP contribution in [0.1, 0.15) is 67.2 Å². The van der Waals surface area contributed by atoms with E-state index in [-0.39, 0.29) is 6.09 Å². The summed E-state index contributed by atoms with van der Waals surface area (Å²) in [5.74, 6) is 0.976. The molecule has 33 heavy (non-hydrogen) atoms. The predicted molar refractivity (Wildman–Crippen MR) is 130 cm³/mol. The molecule has 0 unspecified atom stereocenters. The molecular weight excluding hydrogens is 448 g/mol. The van der Waals surface area contributed by atoms with Crippen LogP contribution in [-0.2, 0) is 9.47 Å². The Morgan fingerprint density at radius 3 is 1.58 bits per heavy atom. The fraction of sp³-hybridized carbons (Fsp3) is 0.870. The zero-order chi connectivity index (χ0) is 25.1. The number of hydrogen-bond acceptors (Lipinski definition) is 6. The van der Waals surface area contributed by atoms with Crippen LogP contribution in [0.15, 0.2) is 0 Å². The maximum Gasteiger partial charge on any atom is 0.407 e. The number of carbonyl (C=O) groups excluding carboxylic acids is 3. The lowest BCUT2D eigenvalue weighted by molar-refractivity contribution is 0.0503. The van der Waals surface area contributed by atoms with Crippen molar-refractivity contribution in [3.63, 3.8) is 0 Å². The van der Waals surface area contributed by atoms with Crippen molar-refractivity contribution in [1.82, 2.24) is 20.9 Å². The molecule has 2 heterocycles. The number of nitrogens with zero attached hydrogens (tertiary/aromatic N) is 1. The van der Waals surface area contributed by atoms with Crippen molar-refractivity contribution in [3.05, 3.63) is 0 Å². The van der Waals surface area contributed by atoms with E-state index in [2.05, 4.69) is 16.0 Å². The van der Waals surface area contributed by atoms with Crippen LogP contribution in [0.4, 0.5) is 14.4 Å². The van der Waals surface area contributed by atoms with Crippen LogP contribution in [0.5, 0.6) is 0 Å². The lowest BCUT2D eigenvalue weighted by atomic mass is 9.97. The van der Waals surface area contributed by atoms with E-state index in [1.807, 2.05) is 41.5 Å². The number of hydrogen-bond donors (Lipinski definition) is 3. The summed E-state index contributed by atoms with van der Waals surface area (Å²) < 4.78 is 10.3. The highest BCUT2D eigenvalue weighted by Gasteiger charge is 2.23. The molecule has 0 aromatic heterocycles. The number of alkyl carbamates (subject to hydrolysis) is 2. The molecule has 9 nitrogen and oxygen atoms in total. The molecule has 2 saturated heterocycles. The summed E-state index contributed by atoms with van der Waals surface area (Å²) in [7, 11) is 0. The molecule has 10 heteroatoms. The second-order valence-electron chi connectivity index (χ2n) is 10.6. The molecule has 2 aliphatic heterocycles. The normalized spacial score (nSPS) is 18.0. The Bertz CT molecular complexity index is 619. The highest BCUT2D eigenvalue weighted by atomic mass is 35.5. The number of amides is 3. The lowest BCUT2D eigenvalue weighted by Crippen LogP contribution is -2.40. The minimum Gasteiger partial charge on any atom is -0.444 e. The van der Waals surface area contributed by atoms with E-state index >= 15 is 0 Å². The Kier molecular flexibility index (Phi) is 12.3. The Morgan fingerprint density at radius 2 is 1.21 bits per heavy atom. The highest BCUT2D eigenvalue weighted by Crippen LogP contribution is 2.18. The van der Waals surface area contributed by atoms with Gasteiger partial charge in [-0.1, -0.05) is 0 Å². The summed E-state index contributed by atoms with van der Waals surface area (Å²) in [6.07, 6.45) is 3.29. The second kappa shape index (κ2) is 13.8.